The molecule has 0 bridgehead atoms. The van der Waals surface area contributed by atoms with E-state index in [2.05, 4.69) is 20.5 Å². The lowest BCUT2D eigenvalue weighted by molar-refractivity contribution is -0.114. The largest absolute Gasteiger partial charge is 0.402 e. The first kappa shape index (κ1) is 14.8. The molecular weight excluding hydrogens is 317 g/mol. The van der Waals surface area contributed by atoms with Crippen LogP contribution >= 0.6 is 0 Å². The van der Waals surface area contributed by atoms with E-state index in [9.17, 15) is 9.18 Å². The van der Waals surface area contributed by atoms with Gasteiger partial charge in [0.2, 0.25) is 5.91 Å². The summed E-state index contributed by atoms with van der Waals surface area (Å²) in [5.41, 5.74) is 1.18. The Morgan fingerprint density at radius 2 is 2.04 bits per heavy atom. The van der Waals surface area contributed by atoms with Gasteiger partial charge < -0.3 is 19.4 Å². The molecule has 1 fully saturated rings. The molecule has 4 rings (SSSR count). The Morgan fingerprint density at radius 1 is 1.21 bits per heavy atom. The van der Waals surface area contributed by atoms with Crippen molar-refractivity contribution in [3.63, 3.8) is 0 Å². The molecule has 0 atom stereocenters. The van der Waals surface area contributed by atoms with Crippen LogP contribution in [0.15, 0.2) is 27.6 Å². The van der Waals surface area contributed by atoms with Gasteiger partial charge in [0.25, 0.3) is 5.89 Å². The molecule has 0 aliphatic carbocycles. The van der Waals surface area contributed by atoms with Gasteiger partial charge in [-0.25, -0.2) is 4.39 Å². The number of carbonyl (C=O) groups excluding carboxylic acids is 1. The van der Waals surface area contributed by atoms with Crippen LogP contribution in [0.4, 0.5) is 16.1 Å². The van der Waals surface area contributed by atoms with E-state index in [-0.39, 0.29) is 18.3 Å². The molecule has 2 aromatic rings. The number of anilines is 2. The summed E-state index contributed by atoms with van der Waals surface area (Å²) < 4.78 is 24.6. The summed E-state index contributed by atoms with van der Waals surface area (Å²) in [5.74, 6) is -0.573. The van der Waals surface area contributed by atoms with Crippen molar-refractivity contribution in [1.29, 1.82) is 0 Å². The Bertz CT molecular complexity index is 813. The summed E-state index contributed by atoms with van der Waals surface area (Å²) >= 11 is 0. The fraction of sp³-hybridized carbons (Fsp3) is 0.333. The molecule has 1 aromatic carbocycles. The van der Waals surface area contributed by atoms with Crippen molar-refractivity contribution in [2.24, 2.45) is 4.99 Å². The lowest BCUT2D eigenvalue weighted by atomic mass is 10.1. The second-order valence-corrected chi connectivity index (χ2v) is 5.39. The molecule has 0 spiro atoms. The van der Waals surface area contributed by atoms with Gasteiger partial charge in [0.05, 0.1) is 18.9 Å². The topological polar surface area (TPSA) is 92.9 Å². The smallest absolute Gasteiger partial charge is 0.318 e. The van der Waals surface area contributed by atoms with Crippen molar-refractivity contribution in [2.45, 2.75) is 0 Å². The average Bonchev–Trinajstić information content (AvgIpc) is 3.02. The third-order valence-corrected chi connectivity index (χ3v) is 3.79. The highest BCUT2D eigenvalue weighted by Crippen LogP contribution is 2.24. The van der Waals surface area contributed by atoms with E-state index in [1.165, 1.54) is 18.2 Å². The van der Waals surface area contributed by atoms with Gasteiger partial charge in [-0.1, -0.05) is 5.10 Å². The van der Waals surface area contributed by atoms with Crippen LogP contribution < -0.4 is 10.2 Å². The quantitative estimate of drug-likeness (QED) is 0.876. The highest BCUT2D eigenvalue weighted by atomic mass is 19.1. The van der Waals surface area contributed by atoms with Crippen molar-refractivity contribution < 1.29 is 18.3 Å². The maximum absolute atomic E-state index is 13.7. The predicted octanol–water partition coefficient (Wildman–Crippen LogP) is 0.835. The lowest BCUT2D eigenvalue weighted by Gasteiger charge is -2.24. The van der Waals surface area contributed by atoms with Gasteiger partial charge in [-0.2, -0.15) is 0 Å². The number of aromatic nitrogens is 2. The molecule has 1 N–H and O–H groups in total. The second kappa shape index (κ2) is 6.00. The summed E-state index contributed by atoms with van der Waals surface area (Å²) in [7, 11) is 0. The number of halogens is 1. The van der Waals surface area contributed by atoms with Crippen molar-refractivity contribution in [1.82, 2.24) is 10.2 Å². The van der Waals surface area contributed by atoms with Gasteiger partial charge in [0, 0.05) is 18.7 Å². The van der Waals surface area contributed by atoms with Gasteiger partial charge in [0.1, 0.15) is 18.1 Å². The number of hydrogen-bond donors (Lipinski definition) is 1. The Labute approximate surface area is 136 Å². The first-order valence-electron chi connectivity index (χ1n) is 7.51. The lowest BCUT2D eigenvalue weighted by Crippen LogP contribution is -2.36. The van der Waals surface area contributed by atoms with Gasteiger partial charge in [-0.05, 0) is 18.2 Å². The van der Waals surface area contributed by atoms with Crippen molar-refractivity contribution in [2.75, 3.05) is 43.1 Å². The van der Waals surface area contributed by atoms with Crippen LogP contribution in [-0.4, -0.2) is 54.7 Å². The van der Waals surface area contributed by atoms with Crippen LogP contribution in [0.1, 0.15) is 11.5 Å². The minimum Gasteiger partial charge on any atom is -0.402 e. The van der Waals surface area contributed by atoms with E-state index >= 15 is 0 Å². The molecule has 3 heterocycles. The summed E-state index contributed by atoms with van der Waals surface area (Å²) in [6.07, 6.45) is 0. The fourth-order valence-corrected chi connectivity index (χ4v) is 2.62. The number of hydrogen-bond acceptors (Lipinski definition) is 7. The number of nitrogens with one attached hydrogen (secondary N) is 1. The van der Waals surface area contributed by atoms with Crippen LogP contribution in [0, 0.1) is 5.82 Å². The number of benzodiazepines with no additional fused rings is 1. The fourth-order valence-electron chi connectivity index (χ4n) is 2.62. The van der Waals surface area contributed by atoms with Crippen LogP contribution in [0.25, 0.3) is 0 Å². The number of fused-ring (bicyclic) bond motifs is 1. The number of amides is 1. The molecule has 124 valence electrons. The Hall–Kier alpha value is -2.81. The van der Waals surface area contributed by atoms with E-state index in [0.717, 1.165) is 0 Å². The van der Waals surface area contributed by atoms with Gasteiger partial charge in [-0.15, -0.1) is 5.10 Å². The summed E-state index contributed by atoms with van der Waals surface area (Å²) in [6.45, 7) is 2.38. The minimum atomic E-state index is -0.439. The molecule has 0 saturated carbocycles. The highest BCUT2D eigenvalue weighted by Gasteiger charge is 2.24. The van der Waals surface area contributed by atoms with Gasteiger partial charge in [0.15, 0.2) is 0 Å². The number of morpholine rings is 1. The van der Waals surface area contributed by atoms with E-state index in [0.29, 0.717) is 49.3 Å². The molecule has 1 saturated heterocycles. The molecule has 1 aromatic heterocycles. The molecule has 9 heteroatoms. The minimum absolute atomic E-state index is 0.0963. The zero-order chi connectivity index (χ0) is 16.5. The number of rotatable bonds is 2. The van der Waals surface area contributed by atoms with Crippen molar-refractivity contribution in [3.05, 3.63) is 35.5 Å². The second-order valence-electron chi connectivity index (χ2n) is 5.39. The van der Waals surface area contributed by atoms with Crippen LogP contribution in [0.2, 0.25) is 0 Å². The standard InChI is InChI=1S/C15H14FN5O3/c16-9-1-2-11-10(7-9)13(17-8-12(22)18-11)14-19-20-15(24-14)21-3-5-23-6-4-21/h1-2,7H,3-6,8H2,(H,18,22). The van der Waals surface area contributed by atoms with Crippen molar-refractivity contribution >= 4 is 23.3 Å². The van der Waals surface area contributed by atoms with E-state index in [1.54, 1.807) is 0 Å². The van der Waals surface area contributed by atoms with Crippen LogP contribution in [0.3, 0.4) is 0 Å². The maximum atomic E-state index is 13.7. The van der Waals surface area contributed by atoms with E-state index in [1.807, 2.05) is 4.90 Å². The molecular formula is C15H14FN5O3. The number of ether oxygens (including phenoxy) is 1. The molecule has 2 aliphatic rings. The van der Waals surface area contributed by atoms with Crippen LogP contribution in [0.5, 0.6) is 0 Å². The molecule has 0 radical (unpaired) electrons. The summed E-state index contributed by atoms with van der Waals surface area (Å²) in [6, 6.07) is 4.41. The maximum Gasteiger partial charge on any atom is 0.318 e. The summed E-state index contributed by atoms with van der Waals surface area (Å²) in [4.78, 5) is 17.9. The van der Waals surface area contributed by atoms with E-state index in [4.69, 9.17) is 9.15 Å². The Balaban J connectivity index is 1.72. The zero-order valence-electron chi connectivity index (χ0n) is 12.7. The third kappa shape index (κ3) is 2.73. The number of aliphatic imine (C=N–C) groups is 1. The zero-order valence-corrected chi connectivity index (χ0v) is 12.7. The van der Waals surface area contributed by atoms with Crippen molar-refractivity contribution in [3.8, 4) is 0 Å². The molecule has 1 amide bonds. The van der Waals surface area contributed by atoms with Gasteiger partial charge in [-0.3, -0.25) is 9.79 Å². The monoisotopic (exact) mass is 331 g/mol. The molecule has 2 aliphatic heterocycles. The molecule has 8 nitrogen and oxygen atoms in total. The number of nitrogens with zero attached hydrogens (tertiary/aromatic N) is 4. The first-order valence-corrected chi connectivity index (χ1v) is 7.51. The Morgan fingerprint density at radius 3 is 2.88 bits per heavy atom. The summed E-state index contributed by atoms with van der Waals surface area (Å²) in [5, 5.41) is 10.7. The average molecular weight is 331 g/mol. The SMILES string of the molecule is O=C1CN=C(c2nnc(N3CCOCC3)o2)c2cc(F)ccc2N1. The highest BCUT2D eigenvalue weighted by molar-refractivity contribution is 6.17. The molecule has 24 heavy (non-hydrogen) atoms. The predicted molar refractivity (Wildman–Crippen MR) is 82.9 cm³/mol. The van der Waals surface area contributed by atoms with Gasteiger partial charge >= 0.3 is 6.01 Å². The first-order chi connectivity index (χ1) is 11.7. The van der Waals surface area contributed by atoms with E-state index < -0.39 is 5.82 Å². The number of benzene rings is 1. The third-order valence-electron chi connectivity index (χ3n) is 3.79. The van der Waals surface area contributed by atoms with Crippen LogP contribution in [-0.2, 0) is 9.53 Å². The Kier molecular flexibility index (Phi) is 3.69. The number of carbonyl (C=O) groups is 1. The normalized spacial score (nSPS) is 17.8. The molecule has 0 unspecified atom stereocenters.